The van der Waals surface area contributed by atoms with Gasteiger partial charge in [-0.3, -0.25) is 24.4 Å². The fourth-order valence-electron chi connectivity index (χ4n) is 4.04. The van der Waals surface area contributed by atoms with Gasteiger partial charge in [-0.15, -0.1) is 0 Å². The van der Waals surface area contributed by atoms with Crippen LogP contribution in [0, 0.1) is 0 Å². The van der Waals surface area contributed by atoms with Crippen LogP contribution >= 0.6 is 0 Å². The SMILES string of the molecule is O=C1C[C@@H](c2cccnc2)c2c(n(C3CCCCCC3)[nH]c2=O)N1. The van der Waals surface area contributed by atoms with Crippen molar-refractivity contribution in [1.29, 1.82) is 0 Å². The molecule has 0 bridgehead atoms. The number of anilines is 1. The summed E-state index contributed by atoms with van der Waals surface area (Å²) < 4.78 is 1.92. The number of nitrogens with zero attached hydrogens (tertiary/aromatic N) is 2. The molecule has 3 heterocycles. The quantitative estimate of drug-likeness (QED) is 0.833. The molecule has 1 fully saturated rings. The number of H-pyrrole nitrogens is 1. The number of hydrogen-bond acceptors (Lipinski definition) is 3. The van der Waals surface area contributed by atoms with E-state index >= 15 is 0 Å². The van der Waals surface area contributed by atoms with Crippen LogP contribution in [0.3, 0.4) is 0 Å². The molecule has 2 aliphatic rings. The first kappa shape index (κ1) is 15.2. The number of fused-ring (bicyclic) bond motifs is 1. The van der Waals surface area contributed by atoms with Crippen LogP contribution in [0.5, 0.6) is 0 Å². The molecule has 1 aliphatic heterocycles. The van der Waals surface area contributed by atoms with E-state index in [-0.39, 0.29) is 29.8 Å². The number of carbonyl (C=O) groups excluding carboxylic acids is 1. The fourth-order valence-corrected chi connectivity index (χ4v) is 4.04. The summed E-state index contributed by atoms with van der Waals surface area (Å²) in [7, 11) is 0. The molecular weight excluding hydrogens is 304 g/mol. The Morgan fingerprint density at radius 2 is 1.92 bits per heavy atom. The van der Waals surface area contributed by atoms with Crippen molar-refractivity contribution in [1.82, 2.24) is 14.8 Å². The second-order valence-electron chi connectivity index (χ2n) is 6.81. The van der Waals surface area contributed by atoms with Crippen molar-refractivity contribution in [2.75, 3.05) is 5.32 Å². The van der Waals surface area contributed by atoms with Gasteiger partial charge in [-0.2, -0.15) is 0 Å². The summed E-state index contributed by atoms with van der Waals surface area (Å²) in [5.41, 5.74) is 1.49. The molecule has 2 aromatic rings. The second-order valence-corrected chi connectivity index (χ2v) is 6.81. The van der Waals surface area contributed by atoms with Gasteiger partial charge in [0.05, 0.1) is 11.6 Å². The fraction of sp³-hybridized carbons (Fsp3) is 0.500. The summed E-state index contributed by atoms with van der Waals surface area (Å²) in [6.45, 7) is 0. The number of pyridine rings is 1. The van der Waals surface area contributed by atoms with Crippen LogP contribution in [0.1, 0.15) is 68.0 Å². The van der Waals surface area contributed by atoms with Crippen molar-refractivity contribution in [2.24, 2.45) is 0 Å². The average molecular weight is 326 g/mol. The Balaban J connectivity index is 1.78. The first-order chi connectivity index (χ1) is 11.7. The molecule has 0 radical (unpaired) electrons. The van der Waals surface area contributed by atoms with Gasteiger partial charge in [0.2, 0.25) is 5.91 Å². The van der Waals surface area contributed by atoms with E-state index in [4.69, 9.17) is 0 Å². The van der Waals surface area contributed by atoms with E-state index in [1.807, 2.05) is 16.8 Å². The molecule has 24 heavy (non-hydrogen) atoms. The first-order valence-corrected chi connectivity index (χ1v) is 8.78. The smallest absolute Gasteiger partial charge is 0.270 e. The zero-order valence-corrected chi connectivity index (χ0v) is 13.6. The molecule has 1 aliphatic carbocycles. The van der Waals surface area contributed by atoms with Gasteiger partial charge in [-0.25, -0.2) is 0 Å². The van der Waals surface area contributed by atoms with E-state index in [0.29, 0.717) is 11.4 Å². The van der Waals surface area contributed by atoms with Gasteiger partial charge in [0, 0.05) is 24.7 Å². The minimum atomic E-state index is -0.224. The molecule has 1 saturated carbocycles. The largest absolute Gasteiger partial charge is 0.311 e. The second kappa shape index (κ2) is 6.26. The molecule has 0 saturated heterocycles. The monoisotopic (exact) mass is 326 g/mol. The van der Waals surface area contributed by atoms with Crippen LogP contribution in [-0.4, -0.2) is 20.7 Å². The maximum atomic E-state index is 12.7. The third-order valence-electron chi connectivity index (χ3n) is 5.24. The zero-order valence-electron chi connectivity index (χ0n) is 13.6. The highest BCUT2D eigenvalue weighted by Crippen LogP contribution is 2.37. The van der Waals surface area contributed by atoms with Gasteiger partial charge in [0.15, 0.2) is 0 Å². The van der Waals surface area contributed by atoms with Gasteiger partial charge < -0.3 is 5.32 Å². The lowest BCUT2D eigenvalue weighted by Crippen LogP contribution is -2.27. The minimum Gasteiger partial charge on any atom is -0.311 e. The van der Waals surface area contributed by atoms with Crippen molar-refractivity contribution >= 4 is 11.7 Å². The third kappa shape index (κ3) is 2.66. The van der Waals surface area contributed by atoms with E-state index in [1.54, 1.807) is 12.4 Å². The van der Waals surface area contributed by atoms with Gasteiger partial charge in [0.1, 0.15) is 5.82 Å². The summed E-state index contributed by atoms with van der Waals surface area (Å²) in [6.07, 6.45) is 10.7. The predicted octanol–water partition coefficient (Wildman–Crippen LogP) is 2.94. The first-order valence-electron chi connectivity index (χ1n) is 8.78. The van der Waals surface area contributed by atoms with Crippen LogP contribution in [0.25, 0.3) is 0 Å². The number of aromatic amines is 1. The molecule has 1 amide bonds. The van der Waals surface area contributed by atoms with Gasteiger partial charge in [0.25, 0.3) is 5.56 Å². The highest BCUT2D eigenvalue weighted by molar-refractivity contribution is 5.94. The number of amides is 1. The maximum absolute atomic E-state index is 12.7. The minimum absolute atomic E-state index is 0.0438. The number of nitrogens with one attached hydrogen (secondary N) is 2. The number of aromatic nitrogens is 3. The third-order valence-corrected chi connectivity index (χ3v) is 5.24. The van der Waals surface area contributed by atoms with Crippen molar-refractivity contribution in [2.45, 2.75) is 56.9 Å². The van der Waals surface area contributed by atoms with Crippen molar-refractivity contribution in [3.8, 4) is 0 Å². The van der Waals surface area contributed by atoms with Gasteiger partial charge in [-0.05, 0) is 24.5 Å². The Hall–Kier alpha value is -2.37. The highest BCUT2D eigenvalue weighted by atomic mass is 16.2. The molecule has 0 spiro atoms. The van der Waals surface area contributed by atoms with Crippen LogP contribution in [0.4, 0.5) is 5.82 Å². The van der Waals surface area contributed by atoms with Crippen molar-refractivity contribution < 1.29 is 4.79 Å². The average Bonchev–Trinajstić information content (AvgIpc) is 2.79. The Labute approximate surface area is 140 Å². The van der Waals surface area contributed by atoms with Gasteiger partial charge in [-0.1, -0.05) is 31.7 Å². The number of carbonyl (C=O) groups is 1. The lowest BCUT2D eigenvalue weighted by molar-refractivity contribution is -0.116. The van der Waals surface area contributed by atoms with E-state index in [2.05, 4.69) is 15.4 Å². The lowest BCUT2D eigenvalue weighted by atomic mass is 9.88. The molecule has 2 N–H and O–H groups in total. The molecule has 6 heteroatoms. The Morgan fingerprint density at radius 1 is 1.12 bits per heavy atom. The Morgan fingerprint density at radius 3 is 2.62 bits per heavy atom. The van der Waals surface area contributed by atoms with E-state index in [9.17, 15) is 9.59 Å². The highest BCUT2D eigenvalue weighted by Gasteiger charge is 2.34. The summed E-state index contributed by atoms with van der Waals surface area (Å²) in [5, 5.41) is 5.94. The zero-order chi connectivity index (χ0) is 16.5. The predicted molar refractivity (Wildman–Crippen MR) is 91.1 cm³/mol. The molecular formula is C18H22N4O2. The van der Waals surface area contributed by atoms with Crippen LogP contribution in [0.15, 0.2) is 29.3 Å². The van der Waals surface area contributed by atoms with Crippen molar-refractivity contribution in [3.63, 3.8) is 0 Å². The molecule has 1 atom stereocenters. The summed E-state index contributed by atoms with van der Waals surface area (Å²) in [6, 6.07) is 4.04. The molecule has 2 aromatic heterocycles. The van der Waals surface area contributed by atoms with Crippen LogP contribution < -0.4 is 10.9 Å². The molecule has 126 valence electrons. The van der Waals surface area contributed by atoms with Crippen molar-refractivity contribution in [3.05, 3.63) is 46.0 Å². The van der Waals surface area contributed by atoms with E-state index < -0.39 is 0 Å². The topological polar surface area (TPSA) is 79.8 Å². The standard InChI is InChI=1S/C18H22N4O2/c23-15-10-14(12-6-5-9-19-11-12)16-17(20-15)22(21-18(16)24)13-7-3-1-2-4-8-13/h5-6,9,11,13-14H,1-4,7-8,10H2,(H,20,23)(H,21,24)/t14-/m0/s1. The number of hydrogen-bond donors (Lipinski definition) is 2. The molecule has 0 unspecified atom stereocenters. The molecule has 4 rings (SSSR count). The normalized spacial score (nSPS) is 21.8. The molecule has 0 aromatic carbocycles. The summed E-state index contributed by atoms with van der Waals surface area (Å²) >= 11 is 0. The van der Waals surface area contributed by atoms with Gasteiger partial charge >= 0.3 is 0 Å². The summed E-state index contributed by atoms with van der Waals surface area (Å²) in [4.78, 5) is 29.1. The Bertz CT molecular complexity index is 785. The number of rotatable bonds is 2. The van der Waals surface area contributed by atoms with E-state index in [1.165, 1.54) is 25.7 Å². The summed E-state index contributed by atoms with van der Waals surface area (Å²) in [5.74, 6) is 0.396. The molecule has 6 nitrogen and oxygen atoms in total. The Kier molecular flexibility index (Phi) is 3.96. The lowest BCUT2D eigenvalue weighted by Gasteiger charge is -2.25. The maximum Gasteiger partial charge on any atom is 0.270 e. The van der Waals surface area contributed by atoms with Crippen LogP contribution in [0.2, 0.25) is 0 Å². The van der Waals surface area contributed by atoms with Crippen LogP contribution in [-0.2, 0) is 4.79 Å². The van der Waals surface area contributed by atoms with E-state index in [0.717, 1.165) is 18.4 Å².